The molecule has 4 heteroatoms. The standard InChI is InChI=1S/C15H13F2NO/c1-18-9-10-2-4-11(5-3-10)15(19)12-6-7-13(16)14(17)8-12/h2-8,18H,9H2,1H3. The number of carbonyl (C=O) groups excluding carboxylic acids is 1. The van der Waals surface area contributed by atoms with Crippen LogP contribution >= 0.6 is 0 Å². The Bertz CT molecular complexity index is 594. The van der Waals surface area contributed by atoms with E-state index in [1.54, 1.807) is 12.1 Å². The Morgan fingerprint density at radius 1 is 1.00 bits per heavy atom. The van der Waals surface area contributed by atoms with Gasteiger partial charge in [0.2, 0.25) is 0 Å². The van der Waals surface area contributed by atoms with Gasteiger partial charge in [0.05, 0.1) is 0 Å². The molecule has 0 amide bonds. The first-order chi connectivity index (χ1) is 9.11. The van der Waals surface area contributed by atoms with Crippen molar-refractivity contribution in [1.82, 2.24) is 5.32 Å². The Hall–Kier alpha value is -2.07. The monoisotopic (exact) mass is 261 g/mol. The Morgan fingerprint density at radius 3 is 2.21 bits per heavy atom. The molecule has 98 valence electrons. The smallest absolute Gasteiger partial charge is 0.193 e. The lowest BCUT2D eigenvalue weighted by molar-refractivity contribution is 0.103. The summed E-state index contributed by atoms with van der Waals surface area (Å²) in [6.07, 6.45) is 0. The highest BCUT2D eigenvalue weighted by molar-refractivity contribution is 6.08. The summed E-state index contributed by atoms with van der Waals surface area (Å²) in [5.74, 6) is -2.30. The Kier molecular flexibility index (Phi) is 4.02. The van der Waals surface area contributed by atoms with Crippen LogP contribution < -0.4 is 5.32 Å². The molecule has 19 heavy (non-hydrogen) atoms. The molecule has 2 nitrogen and oxygen atoms in total. The number of halogens is 2. The van der Waals surface area contributed by atoms with Gasteiger partial charge in [0.1, 0.15) is 0 Å². The third kappa shape index (κ3) is 3.03. The van der Waals surface area contributed by atoms with Crippen molar-refractivity contribution in [3.05, 3.63) is 70.8 Å². The Labute approximate surface area is 110 Å². The molecule has 0 bridgehead atoms. The Morgan fingerprint density at radius 2 is 1.63 bits per heavy atom. The third-order valence-corrected chi connectivity index (χ3v) is 2.78. The maximum absolute atomic E-state index is 13.1. The van der Waals surface area contributed by atoms with Crippen LogP contribution in [0.15, 0.2) is 42.5 Å². The molecule has 0 unspecified atom stereocenters. The molecule has 0 heterocycles. The van der Waals surface area contributed by atoms with E-state index in [1.165, 1.54) is 6.07 Å². The minimum atomic E-state index is -1.02. The topological polar surface area (TPSA) is 29.1 Å². The third-order valence-electron chi connectivity index (χ3n) is 2.78. The molecule has 0 aliphatic carbocycles. The van der Waals surface area contributed by atoms with Gasteiger partial charge in [-0.1, -0.05) is 24.3 Å². The van der Waals surface area contributed by atoms with Crippen LogP contribution in [0.1, 0.15) is 21.5 Å². The molecule has 0 aliphatic rings. The number of hydrogen-bond acceptors (Lipinski definition) is 2. The molecule has 0 saturated heterocycles. The fourth-order valence-corrected chi connectivity index (χ4v) is 1.78. The van der Waals surface area contributed by atoms with Crippen LogP contribution in [0.5, 0.6) is 0 Å². The van der Waals surface area contributed by atoms with E-state index >= 15 is 0 Å². The van der Waals surface area contributed by atoms with Crippen LogP contribution in [0, 0.1) is 11.6 Å². The summed E-state index contributed by atoms with van der Waals surface area (Å²) in [5.41, 5.74) is 1.63. The molecule has 0 saturated carbocycles. The van der Waals surface area contributed by atoms with Crippen LogP contribution in [-0.4, -0.2) is 12.8 Å². The van der Waals surface area contributed by atoms with E-state index in [9.17, 15) is 13.6 Å². The summed E-state index contributed by atoms with van der Waals surface area (Å²) >= 11 is 0. The van der Waals surface area contributed by atoms with Crippen molar-refractivity contribution in [1.29, 1.82) is 0 Å². The van der Waals surface area contributed by atoms with E-state index in [4.69, 9.17) is 0 Å². The maximum Gasteiger partial charge on any atom is 0.193 e. The van der Waals surface area contributed by atoms with E-state index in [1.807, 2.05) is 19.2 Å². The number of nitrogens with one attached hydrogen (secondary N) is 1. The number of benzene rings is 2. The average Bonchev–Trinajstić information content (AvgIpc) is 2.42. The lowest BCUT2D eigenvalue weighted by atomic mass is 10.0. The highest BCUT2D eigenvalue weighted by Gasteiger charge is 2.11. The summed E-state index contributed by atoms with van der Waals surface area (Å²) in [7, 11) is 1.83. The van der Waals surface area contributed by atoms with E-state index in [0.717, 1.165) is 17.7 Å². The van der Waals surface area contributed by atoms with Crippen molar-refractivity contribution in [2.75, 3.05) is 7.05 Å². The zero-order valence-corrected chi connectivity index (χ0v) is 10.4. The molecule has 0 fully saturated rings. The normalized spacial score (nSPS) is 10.5. The molecule has 0 spiro atoms. The van der Waals surface area contributed by atoms with E-state index in [0.29, 0.717) is 12.1 Å². The van der Waals surface area contributed by atoms with Crippen LogP contribution in [-0.2, 0) is 6.54 Å². The predicted octanol–water partition coefficient (Wildman–Crippen LogP) is 2.92. The van der Waals surface area contributed by atoms with Crippen LogP contribution in [0.25, 0.3) is 0 Å². The predicted molar refractivity (Wildman–Crippen MR) is 69.0 cm³/mol. The molecule has 0 aliphatic heterocycles. The number of hydrogen-bond donors (Lipinski definition) is 1. The lowest BCUT2D eigenvalue weighted by Crippen LogP contribution is -2.06. The van der Waals surface area contributed by atoms with Gasteiger partial charge >= 0.3 is 0 Å². The molecule has 2 aromatic rings. The van der Waals surface area contributed by atoms with Gasteiger partial charge in [-0.3, -0.25) is 4.79 Å². The minimum absolute atomic E-state index is 0.139. The molecule has 0 radical (unpaired) electrons. The summed E-state index contributed by atoms with van der Waals surface area (Å²) < 4.78 is 25.9. The zero-order chi connectivity index (χ0) is 13.8. The second-order valence-corrected chi connectivity index (χ2v) is 4.19. The lowest BCUT2D eigenvalue weighted by Gasteiger charge is -2.04. The fourth-order valence-electron chi connectivity index (χ4n) is 1.78. The molecule has 2 rings (SSSR count). The van der Waals surface area contributed by atoms with Gasteiger partial charge in [-0.2, -0.15) is 0 Å². The van der Waals surface area contributed by atoms with Gasteiger partial charge < -0.3 is 5.32 Å². The van der Waals surface area contributed by atoms with Crippen molar-refractivity contribution in [3.8, 4) is 0 Å². The Balaban J connectivity index is 2.25. The number of ketones is 1. The summed E-state index contributed by atoms with van der Waals surface area (Å²) in [5, 5.41) is 3.00. The summed E-state index contributed by atoms with van der Waals surface area (Å²) in [6.45, 7) is 0.708. The van der Waals surface area contributed by atoms with Crippen molar-refractivity contribution in [2.24, 2.45) is 0 Å². The fraction of sp³-hybridized carbons (Fsp3) is 0.133. The molecular weight excluding hydrogens is 248 g/mol. The molecule has 0 aromatic heterocycles. The second kappa shape index (κ2) is 5.71. The van der Waals surface area contributed by atoms with Crippen molar-refractivity contribution in [2.45, 2.75) is 6.54 Å². The average molecular weight is 261 g/mol. The molecular formula is C15H13F2NO. The van der Waals surface area contributed by atoms with Gasteiger partial charge in [-0.05, 0) is 30.8 Å². The van der Waals surface area contributed by atoms with E-state index in [-0.39, 0.29) is 11.3 Å². The van der Waals surface area contributed by atoms with Crippen LogP contribution in [0.3, 0.4) is 0 Å². The second-order valence-electron chi connectivity index (χ2n) is 4.19. The molecule has 0 atom stereocenters. The van der Waals surface area contributed by atoms with Gasteiger partial charge in [0.15, 0.2) is 17.4 Å². The van der Waals surface area contributed by atoms with E-state index in [2.05, 4.69) is 5.32 Å². The molecule has 1 N–H and O–H groups in total. The summed E-state index contributed by atoms with van der Waals surface area (Å²) in [4.78, 5) is 12.1. The SMILES string of the molecule is CNCc1ccc(C(=O)c2ccc(F)c(F)c2)cc1. The van der Waals surface area contributed by atoms with Crippen LogP contribution in [0.4, 0.5) is 8.78 Å². The number of carbonyl (C=O) groups is 1. The van der Waals surface area contributed by atoms with Gasteiger partial charge in [-0.15, -0.1) is 0 Å². The van der Waals surface area contributed by atoms with Crippen molar-refractivity contribution < 1.29 is 13.6 Å². The van der Waals surface area contributed by atoms with Crippen molar-refractivity contribution >= 4 is 5.78 Å². The first-order valence-corrected chi connectivity index (χ1v) is 5.85. The number of rotatable bonds is 4. The summed E-state index contributed by atoms with van der Waals surface area (Å²) in [6, 6.07) is 10.2. The largest absolute Gasteiger partial charge is 0.316 e. The highest BCUT2D eigenvalue weighted by atomic mass is 19.2. The van der Waals surface area contributed by atoms with Crippen molar-refractivity contribution in [3.63, 3.8) is 0 Å². The quantitative estimate of drug-likeness (QED) is 0.857. The van der Waals surface area contributed by atoms with Gasteiger partial charge in [0, 0.05) is 17.7 Å². The van der Waals surface area contributed by atoms with Gasteiger partial charge in [-0.25, -0.2) is 8.78 Å². The molecule has 2 aromatic carbocycles. The first-order valence-electron chi connectivity index (χ1n) is 5.85. The highest BCUT2D eigenvalue weighted by Crippen LogP contribution is 2.14. The minimum Gasteiger partial charge on any atom is -0.316 e. The van der Waals surface area contributed by atoms with Gasteiger partial charge in [0.25, 0.3) is 0 Å². The zero-order valence-electron chi connectivity index (χ0n) is 10.4. The van der Waals surface area contributed by atoms with E-state index < -0.39 is 11.6 Å². The maximum atomic E-state index is 13.1. The van der Waals surface area contributed by atoms with Crippen LogP contribution in [0.2, 0.25) is 0 Å². The first kappa shape index (κ1) is 13.4.